The van der Waals surface area contributed by atoms with Gasteiger partial charge in [-0.25, -0.2) is 4.79 Å². The highest BCUT2D eigenvalue weighted by atomic mass is 16.5. The minimum absolute atomic E-state index is 0.0858. The number of ether oxygens (including phenoxy) is 1. The zero-order chi connectivity index (χ0) is 18.0. The average Bonchev–Trinajstić information content (AvgIpc) is 2.61. The smallest absolute Gasteiger partial charge is 0.339 e. The van der Waals surface area contributed by atoms with Crippen LogP contribution in [0.1, 0.15) is 24.5 Å². The third kappa shape index (κ3) is 3.54. The number of amides is 1. The highest BCUT2D eigenvalue weighted by Gasteiger charge is 2.23. The average molecular weight is 344 g/mol. The fourth-order valence-electron chi connectivity index (χ4n) is 3.38. The molecule has 0 aliphatic carbocycles. The van der Waals surface area contributed by atoms with E-state index in [1.807, 2.05) is 30.9 Å². The fourth-order valence-corrected chi connectivity index (χ4v) is 3.38. The molecule has 1 fully saturated rings. The quantitative estimate of drug-likeness (QED) is 0.857. The largest absolute Gasteiger partial charge is 0.497 e. The Kier molecular flexibility index (Phi) is 5.08. The normalized spacial score (nSPS) is 17.7. The lowest BCUT2D eigenvalue weighted by atomic mass is 10.0. The van der Waals surface area contributed by atoms with Gasteiger partial charge in [0.25, 0.3) is 0 Å². The zero-order valence-electron chi connectivity index (χ0n) is 14.9. The molecular weight excluding hydrogens is 320 g/mol. The van der Waals surface area contributed by atoms with Crippen LogP contribution < -0.4 is 15.7 Å². The van der Waals surface area contributed by atoms with Crippen LogP contribution in [0, 0.1) is 6.92 Å². The Balaban J connectivity index is 1.81. The summed E-state index contributed by atoms with van der Waals surface area (Å²) in [4.78, 5) is 26.8. The molecule has 0 radical (unpaired) electrons. The van der Waals surface area contributed by atoms with Gasteiger partial charge in [-0.1, -0.05) is 0 Å². The molecule has 25 heavy (non-hydrogen) atoms. The van der Waals surface area contributed by atoms with Crippen molar-refractivity contribution in [2.24, 2.45) is 0 Å². The molecule has 1 aromatic heterocycles. The number of benzene rings is 1. The van der Waals surface area contributed by atoms with E-state index in [9.17, 15) is 9.59 Å². The molecule has 6 nitrogen and oxygen atoms in total. The second-order valence-electron chi connectivity index (χ2n) is 6.50. The molecule has 1 atom stereocenters. The lowest BCUT2D eigenvalue weighted by molar-refractivity contribution is -0.133. The zero-order valence-corrected chi connectivity index (χ0v) is 14.9. The number of carbonyl (C=O) groups is 1. The molecule has 1 aromatic carbocycles. The van der Waals surface area contributed by atoms with Gasteiger partial charge in [0.05, 0.1) is 7.11 Å². The molecule has 1 aliphatic heterocycles. The van der Waals surface area contributed by atoms with E-state index in [0.717, 1.165) is 24.0 Å². The molecule has 0 spiro atoms. The van der Waals surface area contributed by atoms with Crippen LogP contribution >= 0.6 is 0 Å². The Morgan fingerprint density at radius 2 is 2.24 bits per heavy atom. The number of piperazine rings is 1. The molecule has 0 bridgehead atoms. The van der Waals surface area contributed by atoms with Crippen molar-refractivity contribution in [3.63, 3.8) is 0 Å². The highest BCUT2D eigenvalue weighted by Crippen LogP contribution is 2.24. The number of rotatable bonds is 4. The molecule has 1 amide bonds. The van der Waals surface area contributed by atoms with E-state index in [1.54, 1.807) is 13.2 Å². The van der Waals surface area contributed by atoms with Gasteiger partial charge in [0.2, 0.25) is 5.91 Å². The summed E-state index contributed by atoms with van der Waals surface area (Å²) in [6.45, 7) is 6.27. The van der Waals surface area contributed by atoms with E-state index in [-0.39, 0.29) is 17.6 Å². The summed E-state index contributed by atoms with van der Waals surface area (Å²) in [5.41, 5.74) is 1.58. The molecule has 134 valence electrons. The number of methoxy groups -OCH3 is 1. The standard InChI is InChI=1S/C19H24N2O4/c1-12-11-20-8-9-21(12)18(22)7-6-16-13(2)15-5-4-14(24-3)10-17(15)25-19(16)23/h4-5,10,12,20H,6-9,11H2,1-3H3/t12-/m0/s1. The first-order chi connectivity index (χ1) is 12.0. The molecule has 2 aromatic rings. The molecule has 1 aliphatic rings. The Bertz CT molecular complexity index is 843. The van der Waals surface area contributed by atoms with Crippen molar-refractivity contribution < 1.29 is 13.9 Å². The van der Waals surface area contributed by atoms with Crippen molar-refractivity contribution in [3.8, 4) is 5.75 Å². The molecule has 1 saturated heterocycles. The van der Waals surface area contributed by atoms with Crippen molar-refractivity contribution in [2.75, 3.05) is 26.7 Å². The predicted molar refractivity (Wildman–Crippen MR) is 96.1 cm³/mol. The van der Waals surface area contributed by atoms with Gasteiger partial charge in [-0.05, 0) is 38.0 Å². The molecule has 1 N–H and O–H groups in total. The van der Waals surface area contributed by atoms with E-state index >= 15 is 0 Å². The van der Waals surface area contributed by atoms with Crippen molar-refractivity contribution in [1.29, 1.82) is 0 Å². The van der Waals surface area contributed by atoms with Crippen LogP contribution in [0.15, 0.2) is 27.4 Å². The summed E-state index contributed by atoms with van der Waals surface area (Å²) in [5, 5.41) is 4.15. The number of fused-ring (bicyclic) bond motifs is 1. The number of nitrogens with zero attached hydrogens (tertiary/aromatic N) is 1. The van der Waals surface area contributed by atoms with E-state index in [4.69, 9.17) is 9.15 Å². The topological polar surface area (TPSA) is 71.8 Å². The summed E-state index contributed by atoms with van der Waals surface area (Å²) in [6.07, 6.45) is 0.712. The second kappa shape index (κ2) is 7.27. The predicted octanol–water partition coefficient (Wildman–Crippen LogP) is 1.86. The Morgan fingerprint density at radius 1 is 1.44 bits per heavy atom. The maximum atomic E-state index is 12.5. The van der Waals surface area contributed by atoms with Crippen LogP contribution in [-0.4, -0.2) is 43.6 Å². The lowest BCUT2D eigenvalue weighted by Gasteiger charge is -2.34. The molecule has 0 saturated carbocycles. The van der Waals surface area contributed by atoms with Gasteiger partial charge < -0.3 is 19.4 Å². The third-order valence-corrected chi connectivity index (χ3v) is 4.91. The van der Waals surface area contributed by atoms with E-state index < -0.39 is 0 Å². The van der Waals surface area contributed by atoms with Gasteiger partial charge in [-0.3, -0.25) is 4.79 Å². The molecule has 3 rings (SSSR count). The van der Waals surface area contributed by atoms with Crippen LogP contribution in [0.25, 0.3) is 11.0 Å². The van der Waals surface area contributed by atoms with Crippen LogP contribution in [0.2, 0.25) is 0 Å². The van der Waals surface area contributed by atoms with E-state index in [0.29, 0.717) is 36.3 Å². The SMILES string of the molecule is COc1ccc2c(C)c(CCC(=O)N3CCNC[C@@H]3C)c(=O)oc2c1. The number of nitrogens with one attached hydrogen (secondary N) is 1. The van der Waals surface area contributed by atoms with Gasteiger partial charge in [0.15, 0.2) is 0 Å². The van der Waals surface area contributed by atoms with Crippen LogP contribution in [-0.2, 0) is 11.2 Å². The maximum absolute atomic E-state index is 12.5. The van der Waals surface area contributed by atoms with Gasteiger partial charge >= 0.3 is 5.63 Å². The molecule has 2 heterocycles. The summed E-state index contributed by atoms with van der Waals surface area (Å²) >= 11 is 0. The second-order valence-corrected chi connectivity index (χ2v) is 6.50. The van der Waals surface area contributed by atoms with Crippen molar-refractivity contribution in [3.05, 3.63) is 39.7 Å². The summed E-state index contributed by atoms with van der Waals surface area (Å²) in [7, 11) is 1.57. The van der Waals surface area contributed by atoms with E-state index in [1.165, 1.54) is 0 Å². The van der Waals surface area contributed by atoms with Crippen LogP contribution in [0.5, 0.6) is 5.75 Å². The van der Waals surface area contributed by atoms with Crippen molar-refractivity contribution in [2.45, 2.75) is 32.7 Å². The molecular formula is C19H24N2O4. The van der Waals surface area contributed by atoms with Crippen LogP contribution in [0.4, 0.5) is 0 Å². The first-order valence-corrected chi connectivity index (χ1v) is 8.61. The minimum atomic E-state index is -0.376. The number of hydrogen-bond acceptors (Lipinski definition) is 5. The maximum Gasteiger partial charge on any atom is 0.339 e. The molecule has 0 unspecified atom stereocenters. The van der Waals surface area contributed by atoms with Gasteiger partial charge in [-0.15, -0.1) is 0 Å². The van der Waals surface area contributed by atoms with E-state index in [2.05, 4.69) is 5.32 Å². The van der Waals surface area contributed by atoms with Crippen molar-refractivity contribution >= 4 is 16.9 Å². The Labute approximate surface area is 146 Å². The third-order valence-electron chi connectivity index (χ3n) is 4.91. The lowest BCUT2D eigenvalue weighted by Crippen LogP contribution is -2.52. The first-order valence-electron chi connectivity index (χ1n) is 8.61. The Hall–Kier alpha value is -2.34. The number of hydrogen-bond donors (Lipinski definition) is 1. The Morgan fingerprint density at radius 3 is 2.96 bits per heavy atom. The molecule has 6 heteroatoms. The number of aryl methyl sites for hydroxylation is 1. The number of carbonyl (C=O) groups excluding carboxylic acids is 1. The van der Waals surface area contributed by atoms with Crippen molar-refractivity contribution in [1.82, 2.24) is 10.2 Å². The minimum Gasteiger partial charge on any atom is -0.497 e. The fraction of sp³-hybridized carbons (Fsp3) is 0.474. The van der Waals surface area contributed by atoms with Gasteiger partial charge in [0.1, 0.15) is 11.3 Å². The van der Waals surface area contributed by atoms with Crippen LogP contribution in [0.3, 0.4) is 0 Å². The van der Waals surface area contributed by atoms with Gasteiger partial charge in [-0.2, -0.15) is 0 Å². The van der Waals surface area contributed by atoms with Gasteiger partial charge in [0, 0.05) is 49.1 Å². The first kappa shape index (κ1) is 17.5. The summed E-state index contributed by atoms with van der Waals surface area (Å²) in [5.74, 6) is 0.730. The summed E-state index contributed by atoms with van der Waals surface area (Å²) < 4.78 is 10.6. The highest BCUT2D eigenvalue weighted by molar-refractivity contribution is 5.83. The summed E-state index contributed by atoms with van der Waals surface area (Å²) in [6, 6.07) is 5.62. The monoisotopic (exact) mass is 344 g/mol.